The van der Waals surface area contributed by atoms with Crippen molar-refractivity contribution < 1.29 is 9.90 Å². The molecule has 4 heteroatoms. The number of amides is 1. The van der Waals surface area contributed by atoms with Crippen LogP contribution in [0.15, 0.2) is 0 Å². The van der Waals surface area contributed by atoms with Gasteiger partial charge in [0, 0.05) is 19.6 Å². The lowest BCUT2D eigenvalue weighted by molar-refractivity contribution is -0.128. The van der Waals surface area contributed by atoms with Gasteiger partial charge >= 0.3 is 0 Å². The van der Waals surface area contributed by atoms with E-state index in [0.717, 1.165) is 32.4 Å². The molecule has 0 aromatic carbocycles. The molecule has 4 nitrogen and oxygen atoms in total. The van der Waals surface area contributed by atoms with E-state index >= 15 is 0 Å². The van der Waals surface area contributed by atoms with Gasteiger partial charge in [0.1, 0.15) is 0 Å². The smallest absolute Gasteiger partial charge is 0.225 e. The van der Waals surface area contributed by atoms with Gasteiger partial charge < -0.3 is 15.7 Å². The molecule has 0 radical (unpaired) electrons. The van der Waals surface area contributed by atoms with E-state index in [2.05, 4.69) is 10.6 Å². The molecule has 1 amide bonds. The summed E-state index contributed by atoms with van der Waals surface area (Å²) in [5.74, 6) is 0.211. The number of rotatable bonds is 3. The molecule has 1 aliphatic heterocycles. The largest absolute Gasteiger partial charge is 0.388 e. The van der Waals surface area contributed by atoms with Crippen molar-refractivity contribution in [3.05, 3.63) is 0 Å². The summed E-state index contributed by atoms with van der Waals surface area (Å²) in [5, 5.41) is 15.5. The number of hydrogen-bond donors (Lipinski definition) is 3. The standard InChI is InChI=1S/C9H16N2O2/c12-8(7-4-10-5-7)11-6-9(13)2-1-3-9/h7,10,13H,1-6H2,(H,11,12). The SMILES string of the molecule is O=C(NCC1(O)CCC1)C1CNC1. The average molecular weight is 184 g/mol. The second-order valence-corrected chi connectivity index (χ2v) is 4.15. The monoisotopic (exact) mass is 184 g/mol. The van der Waals surface area contributed by atoms with Crippen molar-refractivity contribution in [1.82, 2.24) is 10.6 Å². The Morgan fingerprint density at radius 2 is 2.23 bits per heavy atom. The fourth-order valence-electron chi connectivity index (χ4n) is 1.63. The first-order valence-corrected chi connectivity index (χ1v) is 4.90. The third-order valence-electron chi connectivity index (χ3n) is 3.03. The van der Waals surface area contributed by atoms with Crippen LogP contribution in [-0.4, -0.2) is 36.2 Å². The number of hydrogen-bond acceptors (Lipinski definition) is 3. The molecule has 1 saturated heterocycles. The molecule has 0 spiro atoms. The molecule has 1 saturated carbocycles. The topological polar surface area (TPSA) is 61.4 Å². The summed E-state index contributed by atoms with van der Waals surface area (Å²) in [5.41, 5.74) is -0.590. The molecule has 0 aromatic rings. The van der Waals surface area contributed by atoms with Crippen LogP contribution in [-0.2, 0) is 4.79 Å². The Labute approximate surface area is 77.7 Å². The zero-order chi connectivity index (χ0) is 9.31. The molecule has 13 heavy (non-hydrogen) atoms. The summed E-state index contributed by atoms with van der Waals surface area (Å²) in [4.78, 5) is 11.3. The lowest BCUT2D eigenvalue weighted by Gasteiger charge is -2.37. The number of nitrogens with one attached hydrogen (secondary N) is 2. The first-order chi connectivity index (χ1) is 6.20. The Balaban J connectivity index is 1.69. The van der Waals surface area contributed by atoms with Crippen LogP contribution in [0, 0.1) is 5.92 Å². The van der Waals surface area contributed by atoms with Gasteiger partial charge in [0.05, 0.1) is 11.5 Å². The normalized spacial score (nSPS) is 25.9. The molecule has 2 rings (SSSR count). The van der Waals surface area contributed by atoms with Crippen LogP contribution >= 0.6 is 0 Å². The van der Waals surface area contributed by atoms with E-state index < -0.39 is 5.60 Å². The zero-order valence-corrected chi connectivity index (χ0v) is 7.68. The van der Waals surface area contributed by atoms with Crippen molar-refractivity contribution in [3.63, 3.8) is 0 Å². The quantitative estimate of drug-likeness (QED) is 0.540. The number of aliphatic hydroxyl groups is 1. The lowest BCUT2D eigenvalue weighted by atomic mass is 9.80. The molecule has 2 fully saturated rings. The van der Waals surface area contributed by atoms with Gasteiger partial charge in [0.25, 0.3) is 0 Å². The van der Waals surface area contributed by atoms with Crippen LogP contribution in [0.4, 0.5) is 0 Å². The first-order valence-electron chi connectivity index (χ1n) is 4.90. The van der Waals surface area contributed by atoms with Gasteiger partial charge in [-0.05, 0) is 19.3 Å². The van der Waals surface area contributed by atoms with Gasteiger partial charge in [0.2, 0.25) is 5.91 Å². The second-order valence-electron chi connectivity index (χ2n) is 4.15. The van der Waals surface area contributed by atoms with Crippen molar-refractivity contribution in [1.29, 1.82) is 0 Å². The molecule has 0 unspecified atom stereocenters. The van der Waals surface area contributed by atoms with Crippen molar-refractivity contribution >= 4 is 5.91 Å². The average Bonchev–Trinajstić information content (AvgIpc) is 1.94. The molecule has 74 valence electrons. The van der Waals surface area contributed by atoms with E-state index in [1.54, 1.807) is 0 Å². The van der Waals surface area contributed by atoms with Gasteiger partial charge in [-0.25, -0.2) is 0 Å². The fraction of sp³-hybridized carbons (Fsp3) is 0.889. The Morgan fingerprint density at radius 3 is 2.62 bits per heavy atom. The maximum atomic E-state index is 11.3. The minimum absolute atomic E-state index is 0.0825. The van der Waals surface area contributed by atoms with Crippen molar-refractivity contribution in [2.45, 2.75) is 24.9 Å². The third kappa shape index (κ3) is 1.84. The predicted molar refractivity (Wildman–Crippen MR) is 48.2 cm³/mol. The highest BCUT2D eigenvalue weighted by Crippen LogP contribution is 2.30. The van der Waals surface area contributed by atoms with Crippen LogP contribution < -0.4 is 10.6 Å². The van der Waals surface area contributed by atoms with Crippen molar-refractivity contribution in [3.8, 4) is 0 Å². The second kappa shape index (κ2) is 3.27. The van der Waals surface area contributed by atoms with Gasteiger partial charge in [-0.2, -0.15) is 0 Å². The predicted octanol–water partition coefficient (Wildman–Crippen LogP) is -0.763. The van der Waals surface area contributed by atoms with E-state index in [1.807, 2.05) is 0 Å². The van der Waals surface area contributed by atoms with Gasteiger partial charge in [-0.15, -0.1) is 0 Å². The molecular formula is C9H16N2O2. The molecule has 1 heterocycles. The molecule has 0 aromatic heterocycles. The van der Waals surface area contributed by atoms with Gasteiger partial charge in [-0.3, -0.25) is 4.79 Å². The van der Waals surface area contributed by atoms with E-state index in [1.165, 1.54) is 0 Å². The molecule has 3 N–H and O–H groups in total. The lowest BCUT2D eigenvalue weighted by Crippen LogP contribution is -2.54. The van der Waals surface area contributed by atoms with E-state index in [-0.39, 0.29) is 11.8 Å². The Morgan fingerprint density at radius 1 is 1.54 bits per heavy atom. The first kappa shape index (κ1) is 8.97. The maximum absolute atomic E-state index is 11.3. The van der Waals surface area contributed by atoms with Gasteiger partial charge in [0.15, 0.2) is 0 Å². The highest BCUT2D eigenvalue weighted by Gasteiger charge is 2.35. The molecule has 2 aliphatic rings. The molecule has 0 bridgehead atoms. The van der Waals surface area contributed by atoms with E-state index in [9.17, 15) is 9.90 Å². The van der Waals surface area contributed by atoms with E-state index in [4.69, 9.17) is 0 Å². The van der Waals surface area contributed by atoms with E-state index in [0.29, 0.717) is 6.54 Å². The van der Waals surface area contributed by atoms with Crippen LogP contribution in [0.25, 0.3) is 0 Å². The highest BCUT2D eigenvalue weighted by atomic mass is 16.3. The summed E-state index contributed by atoms with van der Waals surface area (Å²) in [7, 11) is 0. The minimum atomic E-state index is -0.590. The van der Waals surface area contributed by atoms with Crippen LogP contribution in [0.1, 0.15) is 19.3 Å². The third-order valence-corrected chi connectivity index (χ3v) is 3.03. The summed E-state index contributed by atoms with van der Waals surface area (Å²) in [6, 6.07) is 0. The van der Waals surface area contributed by atoms with Crippen molar-refractivity contribution in [2.24, 2.45) is 5.92 Å². The zero-order valence-electron chi connectivity index (χ0n) is 7.68. The Kier molecular flexibility index (Phi) is 2.26. The molecular weight excluding hydrogens is 168 g/mol. The summed E-state index contributed by atoms with van der Waals surface area (Å²) < 4.78 is 0. The van der Waals surface area contributed by atoms with Crippen LogP contribution in [0.3, 0.4) is 0 Å². The maximum Gasteiger partial charge on any atom is 0.225 e. The summed E-state index contributed by atoms with van der Waals surface area (Å²) in [6.45, 7) is 2.00. The van der Waals surface area contributed by atoms with Crippen LogP contribution in [0.5, 0.6) is 0 Å². The Hall–Kier alpha value is -0.610. The number of carbonyl (C=O) groups is 1. The summed E-state index contributed by atoms with van der Waals surface area (Å²) in [6.07, 6.45) is 2.74. The molecule has 0 atom stereocenters. The van der Waals surface area contributed by atoms with Crippen molar-refractivity contribution in [2.75, 3.05) is 19.6 Å². The van der Waals surface area contributed by atoms with Gasteiger partial charge in [-0.1, -0.05) is 0 Å². The van der Waals surface area contributed by atoms with Crippen LogP contribution in [0.2, 0.25) is 0 Å². The summed E-state index contributed by atoms with van der Waals surface area (Å²) >= 11 is 0. The Bertz CT molecular complexity index is 210. The minimum Gasteiger partial charge on any atom is -0.388 e. The fourth-order valence-corrected chi connectivity index (χ4v) is 1.63. The number of carbonyl (C=O) groups excluding carboxylic acids is 1. The highest BCUT2D eigenvalue weighted by molar-refractivity contribution is 5.80. The molecule has 1 aliphatic carbocycles.